The number of benzene rings is 2. The Morgan fingerprint density at radius 1 is 1.12 bits per heavy atom. The van der Waals surface area contributed by atoms with Crippen LogP contribution in [-0.2, 0) is 0 Å². The van der Waals surface area contributed by atoms with Gasteiger partial charge in [0.1, 0.15) is 11.5 Å². The molecule has 0 aliphatic carbocycles. The number of rotatable bonds is 5. The van der Waals surface area contributed by atoms with Crippen molar-refractivity contribution >= 4 is 23.2 Å². The summed E-state index contributed by atoms with van der Waals surface area (Å²) in [5.41, 5.74) is 1.74. The van der Waals surface area contributed by atoms with Gasteiger partial charge in [0.2, 0.25) is 0 Å². The van der Waals surface area contributed by atoms with Gasteiger partial charge in [0.15, 0.2) is 0 Å². The third-order valence-electron chi connectivity index (χ3n) is 3.59. The van der Waals surface area contributed by atoms with Crippen LogP contribution in [0.4, 0.5) is 5.69 Å². The van der Waals surface area contributed by atoms with Crippen molar-refractivity contribution in [1.29, 1.82) is 0 Å². The minimum Gasteiger partial charge on any atom is -0.497 e. The van der Waals surface area contributed by atoms with E-state index < -0.39 is 0 Å². The molecule has 1 heterocycles. The normalized spacial score (nSPS) is 10.4. The molecule has 1 amide bonds. The first kappa shape index (κ1) is 16.9. The molecule has 25 heavy (non-hydrogen) atoms. The summed E-state index contributed by atoms with van der Waals surface area (Å²) in [6.45, 7) is 0. The Labute approximate surface area is 149 Å². The maximum atomic E-state index is 12.5. The summed E-state index contributed by atoms with van der Waals surface area (Å²) < 4.78 is 12.0. The van der Waals surface area contributed by atoms with Crippen molar-refractivity contribution in [2.45, 2.75) is 0 Å². The lowest BCUT2D eigenvalue weighted by Gasteiger charge is -2.11. The molecule has 0 aliphatic rings. The Morgan fingerprint density at radius 3 is 2.56 bits per heavy atom. The third kappa shape index (κ3) is 3.75. The number of ether oxygens (including phenoxy) is 2. The van der Waals surface area contributed by atoms with Crippen molar-refractivity contribution in [2.24, 2.45) is 0 Å². The standard InChI is InChI=1S/C18H16ClN3O3/c1-24-15-7-8-17(25-2)16(9-15)21-18(23)12-10-20-22(11-12)14-5-3-13(19)4-6-14/h3-11H,1-2H3,(H,21,23). The second-order valence-electron chi connectivity index (χ2n) is 5.17. The van der Waals surface area contributed by atoms with Gasteiger partial charge >= 0.3 is 0 Å². The fraction of sp³-hybridized carbons (Fsp3) is 0.111. The van der Waals surface area contributed by atoms with Gasteiger partial charge in [0.05, 0.1) is 37.4 Å². The number of amides is 1. The summed E-state index contributed by atoms with van der Waals surface area (Å²) in [4.78, 5) is 12.5. The van der Waals surface area contributed by atoms with Crippen LogP contribution in [0.3, 0.4) is 0 Å². The van der Waals surface area contributed by atoms with Crippen molar-refractivity contribution in [3.05, 3.63) is 65.4 Å². The highest BCUT2D eigenvalue weighted by Gasteiger charge is 2.13. The van der Waals surface area contributed by atoms with E-state index in [1.54, 1.807) is 48.3 Å². The minimum atomic E-state index is -0.299. The molecule has 3 rings (SSSR count). The Balaban J connectivity index is 1.81. The lowest BCUT2D eigenvalue weighted by atomic mass is 10.2. The Kier molecular flexibility index (Phi) is 4.90. The van der Waals surface area contributed by atoms with Crippen molar-refractivity contribution in [2.75, 3.05) is 19.5 Å². The largest absolute Gasteiger partial charge is 0.497 e. The highest BCUT2D eigenvalue weighted by molar-refractivity contribution is 6.30. The van der Waals surface area contributed by atoms with Crippen LogP contribution in [0, 0.1) is 0 Å². The lowest BCUT2D eigenvalue weighted by Crippen LogP contribution is -2.12. The van der Waals surface area contributed by atoms with Gasteiger partial charge in [0.25, 0.3) is 5.91 Å². The second kappa shape index (κ2) is 7.27. The van der Waals surface area contributed by atoms with Crippen molar-refractivity contribution in [1.82, 2.24) is 9.78 Å². The Bertz CT molecular complexity index is 891. The molecule has 0 saturated heterocycles. The second-order valence-corrected chi connectivity index (χ2v) is 5.61. The molecule has 0 unspecified atom stereocenters. The molecule has 0 radical (unpaired) electrons. The Hall–Kier alpha value is -2.99. The average molecular weight is 358 g/mol. The summed E-state index contributed by atoms with van der Waals surface area (Å²) in [6, 6.07) is 12.3. The van der Waals surface area contributed by atoms with Gasteiger partial charge in [-0.15, -0.1) is 0 Å². The van der Waals surface area contributed by atoms with Crippen LogP contribution in [0.1, 0.15) is 10.4 Å². The number of carbonyl (C=O) groups is 1. The molecule has 6 nitrogen and oxygen atoms in total. The number of anilines is 1. The molecular formula is C18H16ClN3O3. The van der Waals surface area contributed by atoms with Gasteiger partial charge < -0.3 is 14.8 Å². The minimum absolute atomic E-state index is 0.299. The number of nitrogens with zero attached hydrogens (tertiary/aromatic N) is 2. The topological polar surface area (TPSA) is 65.4 Å². The van der Waals surface area contributed by atoms with Crippen molar-refractivity contribution in [3.8, 4) is 17.2 Å². The van der Waals surface area contributed by atoms with Gasteiger partial charge in [0, 0.05) is 17.3 Å². The molecule has 3 aromatic rings. The van der Waals surface area contributed by atoms with E-state index in [9.17, 15) is 4.79 Å². The zero-order valence-corrected chi connectivity index (χ0v) is 14.4. The molecule has 0 spiro atoms. The van der Waals surface area contributed by atoms with Crippen LogP contribution in [0.15, 0.2) is 54.9 Å². The van der Waals surface area contributed by atoms with Crippen LogP contribution >= 0.6 is 11.6 Å². The first-order valence-corrected chi connectivity index (χ1v) is 7.82. The van der Waals surface area contributed by atoms with E-state index in [1.807, 2.05) is 12.1 Å². The molecule has 128 valence electrons. The van der Waals surface area contributed by atoms with Crippen molar-refractivity contribution in [3.63, 3.8) is 0 Å². The maximum Gasteiger partial charge on any atom is 0.258 e. The number of halogens is 1. The molecule has 1 aromatic heterocycles. The fourth-order valence-corrected chi connectivity index (χ4v) is 2.41. The summed E-state index contributed by atoms with van der Waals surface area (Å²) in [7, 11) is 3.10. The fourth-order valence-electron chi connectivity index (χ4n) is 2.28. The van der Waals surface area contributed by atoms with Gasteiger partial charge in [-0.3, -0.25) is 4.79 Å². The Morgan fingerprint density at radius 2 is 1.88 bits per heavy atom. The number of hydrogen-bond donors (Lipinski definition) is 1. The molecule has 0 bridgehead atoms. The predicted molar refractivity (Wildman–Crippen MR) is 96.1 cm³/mol. The molecule has 0 atom stereocenters. The third-order valence-corrected chi connectivity index (χ3v) is 3.84. The monoisotopic (exact) mass is 357 g/mol. The van der Waals surface area contributed by atoms with Gasteiger partial charge in [-0.25, -0.2) is 4.68 Å². The van der Waals surface area contributed by atoms with Crippen LogP contribution in [0.25, 0.3) is 5.69 Å². The molecule has 2 aromatic carbocycles. The first-order chi connectivity index (χ1) is 12.1. The van der Waals surface area contributed by atoms with Gasteiger partial charge in [-0.05, 0) is 36.4 Å². The van der Waals surface area contributed by atoms with E-state index >= 15 is 0 Å². The predicted octanol–water partition coefficient (Wildman–Crippen LogP) is 3.80. The molecular weight excluding hydrogens is 342 g/mol. The number of carbonyl (C=O) groups excluding carboxylic acids is 1. The SMILES string of the molecule is COc1ccc(OC)c(NC(=O)c2cnn(-c3ccc(Cl)cc3)c2)c1. The number of hydrogen-bond acceptors (Lipinski definition) is 4. The van der Waals surface area contributed by atoms with Crippen molar-refractivity contribution < 1.29 is 14.3 Å². The molecule has 0 aliphatic heterocycles. The van der Waals surface area contributed by atoms with E-state index in [1.165, 1.54) is 13.3 Å². The zero-order valence-electron chi connectivity index (χ0n) is 13.7. The smallest absolute Gasteiger partial charge is 0.258 e. The summed E-state index contributed by atoms with van der Waals surface area (Å²) >= 11 is 5.88. The molecule has 7 heteroatoms. The highest BCUT2D eigenvalue weighted by atomic mass is 35.5. The van der Waals surface area contributed by atoms with Gasteiger partial charge in [-0.2, -0.15) is 5.10 Å². The zero-order chi connectivity index (χ0) is 17.8. The lowest BCUT2D eigenvalue weighted by molar-refractivity contribution is 0.102. The van der Waals surface area contributed by atoms with Gasteiger partial charge in [-0.1, -0.05) is 11.6 Å². The number of aromatic nitrogens is 2. The summed E-state index contributed by atoms with van der Waals surface area (Å²) in [6.07, 6.45) is 3.14. The van der Waals surface area contributed by atoms with Crippen LogP contribution < -0.4 is 14.8 Å². The first-order valence-electron chi connectivity index (χ1n) is 7.44. The summed E-state index contributed by atoms with van der Waals surface area (Å²) in [5.74, 6) is 0.860. The highest BCUT2D eigenvalue weighted by Crippen LogP contribution is 2.29. The quantitative estimate of drug-likeness (QED) is 0.754. The van der Waals surface area contributed by atoms with E-state index in [4.69, 9.17) is 21.1 Å². The van der Waals surface area contributed by atoms with E-state index in [0.717, 1.165) is 5.69 Å². The summed E-state index contributed by atoms with van der Waals surface area (Å²) in [5, 5.41) is 7.66. The average Bonchev–Trinajstić information content (AvgIpc) is 3.12. The molecule has 1 N–H and O–H groups in total. The van der Waals surface area contributed by atoms with E-state index in [-0.39, 0.29) is 5.91 Å². The molecule has 0 fully saturated rings. The number of nitrogens with one attached hydrogen (secondary N) is 1. The van der Waals surface area contributed by atoms with E-state index in [2.05, 4.69) is 10.4 Å². The van der Waals surface area contributed by atoms with E-state index in [0.29, 0.717) is 27.8 Å². The maximum absolute atomic E-state index is 12.5. The van der Waals surface area contributed by atoms with Crippen LogP contribution in [0.5, 0.6) is 11.5 Å². The van der Waals surface area contributed by atoms with Crippen LogP contribution in [0.2, 0.25) is 5.02 Å². The van der Waals surface area contributed by atoms with Crippen LogP contribution in [-0.4, -0.2) is 29.9 Å². The number of methoxy groups -OCH3 is 2. The molecule has 0 saturated carbocycles.